The fourth-order valence-corrected chi connectivity index (χ4v) is 4.83. The molecular formula is C33H34N2O4. The molecule has 3 aromatic carbocycles. The van der Waals surface area contributed by atoms with E-state index in [1.165, 1.54) is 5.56 Å². The third-order valence-corrected chi connectivity index (χ3v) is 7.06. The molecule has 1 amide bonds. The van der Waals surface area contributed by atoms with Gasteiger partial charge in [0, 0.05) is 23.5 Å². The van der Waals surface area contributed by atoms with Crippen LogP contribution in [0.15, 0.2) is 91.1 Å². The van der Waals surface area contributed by atoms with Crippen LogP contribution in [-0.4, -0.2) is 24.6 Å². The molecule has 0 fully saturated rings. The van der Waals surface area contributed by atoms with Crippen molar-refractivity contribution in [2.24, 2.45) is 0 Å². The van der Waals surface area contributed by atoms with Gasteiger partial charge in [0.2, 0.25) is 11.8 Å². The van der Waals surface area contributed by atoms with Crippen molar-refractivity contribution in [2.45, 2.75) is 45.3 Å². The minimum absolute atomic E-state index is 0.0212. The highest BCUT2D eigenvalue weighted by molar-refractivity contribution is 5.98. The largest absolute Gasteiger partial charge is 0.489 e. The molecule has 1 unspecified atom stereocenters. The van der Waals surface area contributed by atoms with Crippen LogP contribution in [0.1, 0.15) is 54.4 Å². The van der Waals surface area contributed by atoms with Gasteiger partial charge in [0.25, 0.3) is 0 Å². The number of amides is 1. The number of anilines is 1. The Hall–Kier alpha value is -4.32. The smallest absolute Gasteiger partial charge is 0.235 e. The monoisotopic (exact) mass is 522 g/mol. The van der Waals surface area contributed by atoms with E-state index in [1.807, 2.05) is 77.7 Å². The first kappa shape index (κ1) is 26.3. The van der Waals surface area contributed by atoms with E-state index in [0.717, 1.165) is 22.4 Å². The number of methoxy groups -OCH3 is 1. The van der Waals surface area contributed by atoms with Crippen molar-refractivity contribution >= 4 is 11.6 Å². The number of nitrogens with zero attached hydrogens (tertiary/aromatic N) is 2. The number of hydrogen-bond donors (Lipinski definition) is 0. The van der Waals surface area contributed by atoms with Crippen LogP contribution in [0.4, 0.5) is 5.69 Å². The maximum absolute atomic E-state index is 14.3. The third-order valence-electron chi connectivity index (χ3n) is 7.06. The Kier molecular flexibility index (Phi) is 8.11. The average molecular weight is 523 g/mol. The molecule has 1 aromatic heterocycles. The Bertz CT molecular complexity index is 1390. The second-order valence-electron chi connectivity index (χ2n) is 10.0. The van der Waals surface area contributed by atoms with Crippen LogP contribution in [0.5, 0.6) is 17.4 Å². The van der Waals surface area contributed by atoms with E-state index in [9.17, 15) is 4.79 Å². The summed E-state index contributed by atoms with van der Waals surface area (Å²) in [6.45, 7) is 5.60. The molecule has 2 heterocycles. The molecule has 5 rings (SSSR count). The van der Waals surface area contributed by atoms with E-state index < -0.39 is 0 Å². The van der Waals surface area contributed by atoms with E-state index in [-0.39, 0.29) is 11.8 Å². The first-order valence-electron chi connectivity index (χ1n) is 13.4. The molecule has 0 spiro atoms. The Labute approximate surface area is 230 Å². The van der Waals surface area contributed by atoms with E-state index in [1.54, 1.807) is 13.3 Å². The van der Waals surface area contributed by atoms with Gasteiger partial charge >= 0.3 is 0 Å². The Morgan fingerprint density at radius 1 is 0.974 bits per heavy atom. The van der Waals surface area contributed by atoms with Crippen molar-refractivity contribution in [2.75, 3.05) is 18.6 Å². The number of pyridine rings is 1. The van der Waals surface area contributed by atoms with Gasteiger partial charge in [-0.25, -0.2) is 4.98 Å². The number of para-hydroxylation sites is 1. The molecule has 0 N–H and O–H groups in total. The van der Waals surface area contributed by atoms with Crippen LogP contribution in [0.3, 0.4) is 0 Å². The number of carbonyl (C=O) groups excluding carboxylic acids is 1. The predicted octanol–water partition coefficient (Wildman–Crippen LogP) is 6.89. The van der Waals surface area contributed by atoms with E-state index >= 15 is 0 Å². The minimum atomic E-state index is -0.356. The van der Waals surface area contributed by atoms with Crippen molar-refractivity contribution in [1.82, 2.24) is 4.98 Å². The Morgan fingerprint density at radius 2 is 1.77 bits per heavy atom. The van der Waals surface area contributed by atoms with Crippen molar-refractivity contribution in [3.63, 3.8) is 0 Å². The lowest BCUT2D eigenvalue weighted by molar-refractivity contribution is -0.120. The maximum atomic E-state index is 14.3. The van der Waals surface area contributed by atoms with Gasteiger partial charge in [-0.1, -0.05) is 74.5 Å². The normalized spacial score (nSPS) is 14.3. The van der Waals surface area contributed by atoms with Crippen LogP contribution < -0.4 is 19.1 Å². The summed E-state index contributed by atoms with van der Waals surface area (Å²) in [5.41, 5.74) is 4.93. The fourth-order valence-electron chi connectivity index (χ4n) is 4.83. The lowest BCUT2D eigenvalue weighted by atomic mass is 9.91. The molecule has 0 bridgehead atoms. The van der Waals surface area contributed by atoms with Crippen molar-refractivity contribution in [3.8, 4) is 17.4 Å². The predicted molar refractivity (Wildman–Crippen MR) is 153 cm³/mol. The number of fused-ring (bicyclic) bond motifs is 1. The SMILES string of the molecule is COc1ccc(CN(C(=O)C2CCOc3c(OCc4ccccc4)cccc32)c2ccc(C(C)C)cc2)cn1. The zero-order chi connectivity index (χ0) is 27.2. The molecule has 0 saturated heterocycles. The summed E-state index contributed by atoms with van der Waals surface area (Å²) in [5.74, 6) is 1.92. The van der Waals surface area contributed by atoms with Gasteiger partial charge < -0.3 is 19.1 Å². The molecule has 200 valence electrons. The van der Waals surface area contributed by atoms with Gasteiger partial charge in [0.1, 0.15) is 6.61 Å². The number of hydrogen-bond acceptors (Lipinski definition) is 5. The van der Waals surface area contributed by atoms with Crippen LogP contribution in [0.25, 0.3) is 0 Å². The molecular weight excluding hydrogens is 488 g/mol. The van der Waals surface area contributed by atoms with E-state index in [0.29, 0.717) is 49.5 Å². The summed E-state index contributed by atoms with van der Waals surface area (Å²) in [4.78, 5) is 20.5. The minimum Gasteiger partial charge on any atom is -0.489 e. The maximum Gasteiger partial charge on any atom is 0.235 e. The van der Waals surface area contributed by atoms with Crippen molar-refractivity contribution in [1.29, 1.82) is 0 Å². The van der Waals surface area contributed by atoms with E-state index in [4.69, 9.17) is 14.2 Å². The molecule has 6 nitrogen and oxygen atoms in total. The number of carbonyl (C=O) groups is 1. The van der Waals surface area contributed by atoms with Gasteiger partial charge in [-0.05, 0) is 47.2 Å². The number of benzene rings is 3. The first-order valence-corrected chi connectivity index (χ1v) is 13.4. The second-order valence-corrected chi connectivity index (χ2v) is 10.0. The Morgan fingerprint density at radius 3 is 2.46 bits per heavy atom. The molecule has 1 atom stereocenters. The van der Waals surface area contributed by atoms with Crippen molar-refractivity contribution < 1.29 is 19.0 Å². The van der Waals surface area contributed by atoms with Crippen molar-refractivity contribution in [3.05, 3.63) is 113 Å². The van der Waals surface area contributed by atoms with Crippen LogP contribution in [0.2, 0.25) is 0 Å². The zero-order valence-electron chi connectivity index (χ0n) is 22.7. The summed E-state index contributed by atoms with van der Waals surface area (Å²) in [5, 5.41) is 0. The Balaban J connectivity index is 1.44. The average Bonchev–Trinajstić information content (AvgIpc) is 2.99. The zero-order valence-corrected chi connectivity index (χ0v) is 22.7. The highest BCUT2D eigenvalue weighted by atomic mass is 16.5. The molecule has 0 aliphatic carbocycles. The molecule has 1 aliphatic heterocycles. The molecule has 1 aliphatic rings. The molecule has 6 heteroatoms. The quantitative estimate of drug-likeness (QED) is 0.239. The number of ether oxygens (including phenoxy) is 3. The van der Waals surface area contributed by atoms with Crippen LogP contribution in [0, 0.1) is 0 Å². The molecule has 0 saturated carbocycles. The molecule has 4 aromatic rings. The number of rotatable bonds is 9. The molecule has 39 heavy (non-hydrogen) atoms. The summed E-state index contributed by atoms with van der Waals surface area (Å²) < 4.78 is 17.4. The summed E-state index contributed by atoms with van der Waals surface area (Å²) >= 11 is 0. The number of aromatic nitrogens is 1. The molecule has 0 radical (unpaired) electrons. The van der Waals surface area contributed by atoms with Gasteiger partial charge in [-0.2, -0.15) is 0 Å². The van der Waals surface area contributed by atoms with Gasteiger partial charge in [0.15, 0.2) is 11.5 Å². The first-order chi connectivity index (χ1) is 19.0. The second kappa shape index (κ2) is 12.0. The lowest BCUT2D eigenvalue weighted by Crippen LogP contribution is -2.37. The topological polar surface area (TPSA) is 60.9 Å². The van der Waals surface area contributed by atoms with Gasteiger partial charge in [-0.3, -0.25) is 4.79 Å². The standard InChI is InChI=1S/C33H34N2O4/c1-23(2)26-13-15-27(16-14-26)35(21-25-12-17-31(37-3)34-20-25)33(36)29-18-19-38-32-28(29)10-7-11-30(32)39-22-24-8-5-4-6-9-24/h4-17,20,23,29H,18-19,21-22H2,1-3H3. The van der Waals surface area contributed by atoms with Gasteiger partial charge in [-0.15, -0.1) is 0 Å². The highest BCUT2D eigenvalue weighted by Gasteiger charge is 2.33. The summed E-state index contributed by atoms with van der Waals surface area (Å²) in [6, 6.07) is 27.9. The lowest BCUT2D eigenvalue weighted by Gasteiger charge is -2.32. The summed E-state index contributed by atoms with van der Waals surface area (Å²) in [6.07, 6.45) is 2.35. The van der Waals surface area contributed by atoms with Gasteiger partial charge in [0.05, 0.1) is 26.2 Å². The van der Waals surface area contributed by atoms with Crippen LogP contribution in [-0.2, 0) is 17.9 Å². The van der Waals surface area contributed by atoms with E-state index in [2.05, 4.69) is 31.0 Å². The van der Waals surface area contributed by atoms with Crippen LogP contribution >= 0.6 is 0 Å². The summed E-state index contributed by atoms with van der Waals surface area (Å²) in [7, 11) is 1.59. The fraction of sp³-hybridized carbons (Fsp3) is 0.273. The highest BCUT2D eigenvalue weighted by Crippen LogP contribution is 2.42. The third kappa shape index (κ3) is 6.06.